The third kappa shape index (κ3) is 2.10. The highest BCUT2D eigenvalue weighted by Crippen LogP contribution is 2.35. The van der Waals surface area contributed by atoms with Crippen LogP contribution >= 0.6 is 0 Å². The van der Waals surface area contributed by atoms with Gasteiger partial charge < -0.3 is 14.6 Å². The van der Waals surface area contributed by atoms with Crippen molar-refractivity contribution in [3.63, 3.8) is 0 Å². The van der Waals surface area contributed by atoms with Gasteiger partial charge in [0.05, 0.1) is 0 Å². The Labute approximate surface area is 108 Å². The first kappa shape index (κ1) is 11.5. The van der Waals surface area contributed by atoms with Crippen LogP contribution in [0.15, 0.2) is 18.2 Å². The lowest BCUT2D eigenvalue weighted by Gasteiger charge is -2.04. The predicted molar refractivity (Wildman–Crippen MR) is 64.0 cm³/mol. The van der Waals surface area contributed by atoms with E-state index in [1.54, 1.807) is 25.1 Å². The highest BCUT2D eigenvalue weighted by atomic mass is 16.7. The summed E-state index contributed by atoms with van der Waals surface area (Å²) >= 11 is 0. The molecule has 3 rings (SSSR count). The molecule has 0 radical (unpaired) electrons. The Bertz CT molecular complexity index is 650. The molecule has 98 valence electrons. The van der Waals surface area contributed by atoms with Crippen LogP contribution in [0, 0.1) is 6.92 Å². The summed E-state index contributed by atoms with van der Waals surface area (Å²) in [4.78, 5) is 15.1. The van der Waals surface area contributed by atoms with Gasteiger partial charge in [0.25, 0.3) is 0 Å². The summed E-state index contributed by atoms with van der Waals surface area (Å²) in [5.41, 5.74) is 0.742. The first-order chi connectivity index (χ1) is 9.13. The third-order valence-corrected chi connectivity index (χ3v) is 2.69. The van der Waals surface area contributed by atoms with E-state index in [1.165, 1.54) is 4.68 Å². The van der Waals surface area contributed by atoms with Gasteiger partial charge in [-0.05, 0) is 25.1 Å². The number of carboxylic acids is 1. The standard InChI is InChI=1S/C12H11N3O4/c1-7-13-12(15(14-7)5-11(16)17)8-2-3-9-10(4-8)19-6-18-9/h2-4H,5-6H2,1H3,(H,16,17). The molecular formula is C12H11N3O4. The number of carboxylic acid groups (broad SMARTS) is 1. The van der Waals surface area contributed by atoms with E-state index in [0.717, 1.165) is 5.56 Å². The number of aliphatic carboxylic acids is 1. The maximum atomic E-state index is 10.8. The first-order valence-electron chi connectivity index (χ1n) is 5.67. The SMILES string of the molecule is Cc1nc(-c2ccc3c(c2)OCO3)n(CC(=O)O)n1. The Hall–Kier alpha value is -2.57. The normalized spacial score (nSPS) is 12.7. The van der Waals surface area contributed by atoms with E-state index in [-0.39, 0.29) is 13.3 Å². The van der Waals surface area contributed by atoms with Crippen LogP contribution in [0.25, 0.3) is 11.4 Å². The van der Waals surface area contributed by atoms with Crippen LogP contribution in [-0.2, 0) is 11.3 Å². The number of ether oxygens (including phenoxy) is 2. The number of nitrogens with zero attached hydrogens (tertiary/aromatic N) is 3. The molecule has 1 aliphatic rings. The molecule has 0 bridgehead atoms. The second kappa shape index (κ2) is 4.27. The second-order valence-corrected chi connectivity index (χ2v) is 4.10. The molecule has 0 saturated carbocycles. The number of aromatic nitrogens is 3. The van der Waals surface area contributed by atoms with Crippen LogP contribution in [0.3, 0.4) is 0 Å². The van der Waals surface area contributed by atoms with E-state index in [4.69, 9.17) is 14.6 Å². The third-order valence-electron chi connectivity index (χ3n) is 2.69. The predicted octanol–water partition coefficient (Wildman–Crippen LogP) is 1.07. The van der Waals surface area contributed by atoms with Crippen molar-refractivity contribution in [1.82, 2.24) is 14.8 Å². The minimum absolute atomic E-state index is 0.194. The summed E-state index contributed by atoms with van der Waals surface area (Å²) in [7, 11) is 0. The Balaban J connectivity index is 2.04. The van der Waals surface area contributed by atoms with Crippen LogP contribution in [0.4, 0.5) is 0 Å². The Morgan fingerprint density at radius 2 is 2.21 bits per heavy atom. The van der Waals surface area contributed by atoms with Gasteiger partial charge >= 0.3 is 5.97 Å². The summed E-state index contributed by atoms with van der Waals surface area (Å²) in [6.45, 7) is 1.68. The zero-order chi connectivity index (χ0) is 13.4. The summed E-state index contributed by atoms with van der Waals surface area (Å²) in [6.07, 6.45) is 0. The summed E-state index contributed by atoms with van der Waals surface area (Å²) < 4.78 is 11.9. The first-order valence-corrected chi connectivity index (χ1v) is 5.67. The average molecular weight is 261 g/mol. The van der Waals surface area contributed by atoms with E-state index in [2.05, 4.69) is 10.1 Å². The summed E-state index contributed by atoms with van der Waals surface area (Å²) in [6, 6.07) is 5.34. The van der Waals surface area contributed by atoms with Gasteiger partial charge in [-0.1, -0.05) is 0 Å². The molecule has 1 aromatic heterocycles. The van der Waals surface area contributed by atoms with E-state index in [0.29, 0.717) is 23.1 Å². The maximum absolute atomic E-state index is 10.8. The Kier molecular flexibility index (Phi) is 2.59. The average Bonchev–Trinajstić information content (AvgIpc) is 2.93. The van der Waals surface area contributed by atoms with Crippen molar-refractivity contribution >= 4 is 5.97 Å². The maximum Gasteiger partial charge on any atom is 0.325 e. The molecule has 0 saturated heterocycles. The van der Waals surface area contributed by atoms with Crippen molar-refractivity contribution in [2.24, 2.45) is 0 Å². The zero-order valence-corrected chi connectivity index (χ0v) is 10.2. The van der Waals surface area contributed by atoms with Crippen molar-refractivity contribution < 1.29 is 19.4 Å². The monoisotopic (exact) mass is 261 g/mol. The van der Waals surface area contributed by atoms with Crippen LogP contribution < -0.4 is 9.47 Å². The molecule has 2 aromatic rings. The Morgan fingerprint density at radius 3 is 3.00 bits per heavy atom. The molecule has 19 heavy (non-hydrogen) atoms. The van der Waals surface area contributed by atoms with Gasteiger partial charge in [0.1, 0.15) is 12.4 Å². The molecule has 0 fully saturated rings. The smallest absolute Gasteiger partial charge is 0.325 e. The number of rotatable bonds is 3. The molecule has 1 N–H and O–H groups in total. The number of fused-ring (bicyclic) bond motifs is 1. The van der Waals surface area contributed by atoms with Gasteiger partial charge in [-0.3, -0.25) is 4.79 Å². The van der Waals surface area contributed by atoms with Crippen molar-refractivity contribution in [3.8, 4) is 22.9 Å². The van der Waals surface area contributed by atoms with Crippen molar-refractivity contribution in [2.45, 2.75) is 13.5 Å². The lowest BCUT2D eigenvalue weighted by Crippen LogP contribution is -2.11. The minimum Gasteiger partial charge on any atom is -0.480 e. The van der Waals surface area contributed by atoms with Gasteiger partial charge in [0.2, 0.25) is 6.79 Å². The fourth-order valence-corrected chi connectivity index (χ4v) is 1.94. The van der Waals surface area contributed by atoms with Gasteiger partial charge in [0, 0.05) is 5.56 Å². The lowest BCUT2D eigenvalue weighted by atomic mass is 10.2. The number of aryl methyl sites for hydroxylation is 1. The molecule has 7 nitrogen and oxygen atoms in total. The molecule has 7 heteroatoms. The van der Waals surface area contributed by atoms with Crippen LogP contribution in [0.5, 0.6) is 11.5 Å². The molecule has 0 atom stereocenters. The molecule has 0 amide bonds. The number of hydrogen-bond acceptors (Lipinski definition) is 5. The van der Waals surface area contributed by atoms with Gasteiger partial charge in [-0.2, -0.15) is 5.10 Å². The van der Waals surface area contributed by atoms with E-state index >= 15 is 0 Å². The van der Waals surface area contributed by atoms with Crippen LogP contribution in [0.1, 0.15) is 5.82 Å². The molecule has 2 heterocycles. The zero-order valence-electron chi connectivity index (χ0n) is 10.2. The number of hydrogen-bond donors (Lipinski definition) is 1. The quantitative estimate of drug-likeness (QED) is 0.889. The van der Waals surface area contributed by atoms with E-state index in [9.17, 15) is 4.79 Å². The molecule has 1 aliphatic heterocycles. The fraction of sp³-hybridized carbons (Fsp3) is 0.250. The number of benzene rings is 1. The van der Waals surface area contributed by atoms with Gasteiger partial charge in [-0.15, -0.1) is 0 Å². The highest BCUT2D eigenvalue weighted by Gasteiger charge is 2.17. The fourth-order valence-electron chi connectivity index (χ4n) is 1.94. The van der Waals surface area contributed by atoms with Crippen molar-refractivity contribution in [1.29, 1.82) is 0 Å². The van der Waals surface area contributed by atoms with Gasteiger partial charge in [-0.25, -0.2) is 9.67 Å². The topological polar surface area (TPSA) is 86.5 Å². The molecule has 1 aromatic carbocycles. The molecule has 0 spiro atoms. The van der Waals surface area contributed by atoms with E-state index < -0.39 is 5.97 Å². The second-order valence-electron chi connectivity index (χ2n) is 4.10. The molecule has 0 aliphatic carbocycles. The van der Waals surface area contributed by atoms with Crippen molar-refractivity contribution in [3.05, 3.63) is 24.0 Å². The summed E-state index contributed by atoms with van der Waals surface area (Å²) in [5, 5.41) is 12.9. The summed E-state index contributed by atoms with van der Waals surface area (Å²) in [5.74, 6) is 1.35. The van der Waals surface area contributed by atoms with Crippen LogP contribution in [-0.4, -0.2) is 32.6 Å². The van der Waals surface area contributed by atoms with Gasteiger partial charge in [0.15, 0.2) is 17.3 Å². The molecule has 0 unspecified atom stereocenters. The van der Waals surface area contributed by atoms with E-state index in [1.807, 2.05) is 0 Å². The largest absolute Gasteiger partial charge is 0.480 e. The van der Waals surface area contributed by atoms with Crippen LogP contribution in [0.2, 0.25) is 0 Å². The highest BCUT2D eigenvalue weighted by molar-refractivity contribution is 5.68. The minimum atomic E-state index is -0.966. The number of carbonyl (C=O) groups is 1. The lowest BCUT2D eigenvalue weighted by molar-refractivity contribution is -0.137. The Morgan fingerprint density at radius 1 is 1.42 bits per heavy atom. The molecular weight excluding hydrogens is 250 g/mol. The van der Waals surface area contributed by atoms with Crippen molar-refractivity contribution in [2.75, 3.05) is 6.79 Å².